The molecule has 0 fully saturated rings. The monoisotopic (exact) mass is 303 g/mol. The zero-order valence-electron chi connectivity index (χ0n) is 14.0. The Hall–Kier alpha value is -2.01. The summed E-state index contributed by atoms with van der Waals surface area (Å²) < 4.78 is 12.9. The van der Waals surface area contributed by atoms with Crippen LogP contribution in [0.2, 0.25) is 0 Å². The maximum absolute atomic E-state index is 5.52. The first kappa shape index (κ1) is 16.4. The van der Waals surface area contributed by atoms with Gasteiger partial charge in [0, 0.05) is 37.0 Å². The molecule has 22 heavy (non-hydrogen) atoms. The van der Waals surface area contributed by atoms with Crippen molar-refractivity contribution in [2.24, 2.45) is 0 Å². The maximum atomic E-state index is 5.52. The molecule has 0 aliphatic heterocycles. The molecular weight excluding hydrogens is 278 g/mol. The minimum Gasteiger partial charge on any atom is -0.497 e. The van der Waals surface area contributed by atoms with Gasteiger partial charge >= 0.3 is 0 Å². The van der Waals surface area contributed by atoms with E-state index in [2.05, 4.69) is 41.4 Å². The summed E-state index contributed by atoms with van der Waals surface area (Å²) in [6.07, 6.45) is 3.81. The van der Waals surface area contributed by atoms with E-state index in [0.29, 0.717) is 0 Å². The second-order valence-corrected chi connectivity index (χ2v) is 5.37. The number of nitrogens with zero attached hydrogens (tertiary/aromatic N) is 3. The van der Waals surface area contributed by atoms with Crippen LogP contribution in [0.15, 0.2) is 30.7 Å². The lowest BCUT2D eigenvalue weighted by atomic mass is 10.1. The largest absolute Gasteiger partial charge is 0.497 e. The molecule has 5 nitrogen and oxygen atoms in total. The van der Waals surface area contributed by atoms with Crippen LogP contribution in [0.5, 0.6) is 11.5 Å². The predicted octanol–water partition coefficient (Wildman–Crippen LogP) is 3.11. The highest BCUT2D eigenvalue weighted by Crippen LogP contribution is 2.32. The molecule has 1 heterocycles. The summed E-state index contributed by atoms with van der Waals surface area (Å²) in [5, 5.41) is 0. The molecule has 1 unspecified atom stereocenters. The van der Waals surface area contributed by atoms with Gasteiger partial charge in [0.15, 0.2) is 0 Å². The Morgan fingerprint density at radius 3 is 2.68 bits per heavy atom. The molecule has 0 aliphatic rings. The van der Waals surface area contributed by atoms with Gasteiger partial charge in [-0.05, 0) is 27.0 Å². The van der Waals surface area contributed by atoms with Gasteiger partial charge in [-0.1, -0.05) is 6.07 Å². The third-order valence-corrected chi connectivity index (χ3v) is 4.10. The van der Waals surface area contributed by atoms with Gasteiger partial charge in [-0.15, -0.1) is 0 Å². The van der Waals surface area contributed by atoms with Crippen molar-refractivity contribution in [2.75, 3.05) is 21.3 Å². The van der Waals surface area contributed by atoms with E-state index in [0.717, 1.165) is 30.2 Å². The first-order valence-electron chi connectivity index (χ1n) is 7.51. The first-order chi connectivity index (χ1) is 10.6. The molecule has 0 saturated carbocycles. The molecule has 2 aromatic rings. The van der Waals surface area contributed by atoms with E-state index in [9.17, 15) is 0 Å². The van der Waals surface area contributed by atoms with Crippen LogP contribution in [0.25, 0.3) is 0 Å². The van der Waals surface area contributed by atoms with E-state index in [-0.39, 0.29) is 6.04 Å². The normalized spacial score (nSPS) is 12.5. The maximum Gasteiger partial charge on any atom is 0.127 e. The lowest BCUT2D eigenvalue weighted by Gasteiger charge is -2.26. The summed E-state index contributed by atoms with van der Waals surface area (Å²) in [5.74, 6) is 1.65. The van der Waals surface area contributed by atoms with Gasteiger partial charge in [0.2, 0.25) is 0 Å². The van der Waals surface area contributed by atoms with E-state index in [1.54, 1.807) is 14.2 Å². The zero-order valence-corrected chi connectivity index (χ0v) is 14.0. The van der Waals surface area contributed by atoms with Crippen LogP contribution in [0, 0.1) is 0 Å². The van der Waals surface area contributed by atoms with Crippen LogP contribution in [0.3, 0.4) is 0 Å². The number of benzene rings is 1. The highest BCUT2D eigenvalue weighted by Gasteiger charge is 2.18. The number of aryl methyl sites for hydroxylation is 1. The van der Waals surface area contributed by atoms with E-state index in [4.69, 9.17) is 9.47 Å². The highest BCUT2D eigenvalue weighted by molar-refractivity contribution is 5.42. The van der Waals surface area contributed by atoms with E-state index >= 15 is 0 Å². The fourth-order valence-electron chi connectivity index (χ4n) is 2.56. The van der Waals surface area contributed by atoms with E-state index < -0.39 is 0 Å². The average molecular weight is 303 g/mol. The minimum atomic E-state index is 0.223. The van der Waals surface area contributed by atoms with Crippen molar-refractivity contribution in [3.63, 3.8) is 0 Å². The third kappa shape index (κ3) is 3.42. The molecule has 0 spiro atoms. The van der Waals surface area contributed by atoms with Gasteiger partial charge in [0.05, 0.1) is 26.2 Å². The molecule has 0 N–H and O–H groups in total. The Morgan fingerprint density at radius 1 is 1.27 bits per heavy atom. The molecule has 0 amide bonds. The van der Waals surface area contributed by atoms with Gasteiger partial charge in [-0.3, -0.25) is 4.90 Å². The summed E-state index contributed by atoms with van der Waals surface area (Å²) in [4.78, 5) is 6.51. The molecule has 0 saturated heterocycles. The molecule has 1 aromatic heterocycles. The number of imidazole rings is 1. The Bertz CT molecular complexity index is 610. The number of aromatic nitrogens is 2. The first-order valence-corrected chi connectivity index (χ1v) is 7.51. The lowest BCUT2D eigenvalue weighted by Crippen LogP contribution is -2.23. The van der Waals surface area contributed by atoms with Gasteiger partial charge in [-0.25, -0.2) is 4.98 Å². The predicted molar refractivity (Wildman–Crippen MR) is 87.3 cm³/mol. The van der Waals surface area contributed by atoms with E-state index in [1.807, 2.05) is 24.7 Å². The number of ether oxygens (including phenoxy) is 2. The fourth-order valence-corrected chi connectivity index (χ4v) is 2.56. The average Bonchev–Trinajstić information content (AvgIpc) is 3.00. The summed E-state index contributed by atoms with van der Waals surface area (Å²) >= 11 is 0. The van der Waals surface area contributed by atoms with Crippen molar-refractivity contribution >= 4 is 0 Å². The van der Waals surface area contributed by atoms with Crippen molar-refractivity contribution < 1.29 is 9.47 Å². The molecule has 0 bridgehead atoms. The summed E-state index contributed by atoms with van der Waals surface area (Å²) in [6.45, 7) is 6.08. The highest BCUT2D eigenvalue weighted by atomic mass is 16.5. The third-order valence-electron chi connectivity index (χ3n) is 4.10. The summed E-state index contributed by atoms with van der Waals surface area (Å²) in [6, 6.07) is 6.19. The quantitative estimate of drug-likeness (QED) is 0.788. The zero-order chi connectivity index (χ0) is 16.1. The van der Waals surface area contributed by atoms with Crippen LogP contribution in [0.4, 0.5) is 0 Å². The molecule has 120 valence electrons. The smallest absolute Gasteiger partial charge is 0.127 e. The molecular formula is C17H25N3O2. The van der Waals surface area contributed by atoms with Crippen molar-refractivity contribution in [2.45, 2.75) is 33.0 Å². The van der Waals surface area contributed by atoms with Crippen molar-refractivity contribution in [3.8, 4) is 11.5 Å². The number of hydrogen-bond acceptors (Lipinski definition) is 4. The van der Waals surface area contributed by atoms with E-state index in [1.165, 1.54) is 5.69 Å². The lowest BCUT2D eigenvalue weighted by molar-refractivity contribution is 0.241. The molecule has 0 aliphatic carbocycles. The molecule has 1 atom stereocenters. The van der Waals surface area contributed by atoms with Crippen LogP contribution in [-0.2, 0) is 13.1 Å². The van der Waals surface area contributed by atoms with Crippen molar-refractivity contribution in [3.05, 3.63) is 42.0 Å². The van der Waals surface area contributed by atoms with Crippen molar-refractivity contribution in [1.29, 1.82) is 0 Å². The SMILES string of the molecule is CCn1cncc1CN(C)C(C)c1ccc(OC)cc1OC. The Balaban J connectivity index is 2.18. The summed E-state index contributed by atoms with van der Waals surface area (Å²) in [5.41, 5.74) is 2.36. The molecule has 0 radical (unpaired) electrons. The van der Waals surface area contributed by atoms with Gasteiger partial charge in [0.25, 0.3) is 0 Å². The Kier molecular flexibility index (Phi) is 5.44. The van der Waals surface area contributed by atoms with Crippen LogP contribution in [0.1, 0.15) is 31.1 Å². The Labute approximate surface area is 132 Å². The molecule has 5 heteroatoms. The second kappa shape index (κ2) is 7.31. The minimum absolute atomic E-state index is 0.223. The number of rotatable bonds is 7. The summed E-state index contributed by atoms with van der Waals surface area (Å²) in [7, 11) is 5.47. The van der Waals surface area contributed by atoms with Crippen LogP contribution < -0.4 is 9.47 Å². The van der Waals surface area contributed by atoms with Crippen LogP contribution in [-0.4, -0.2) is 35.7 Å². The van der Waals surface area contributed by atoms with Gasteiger partial charge < -0.3 is 14.0 Å². The topological polar surface area (TPSA) is 39.5 Å². The molecule has 2 rings (SSSR count). The number of hydrogen-bond donors (Lipinski definition) is 0. The van der Waals surface area contributed by atoms with Gasteiger partial charge in [-0.2, -0.15) is 0 Å². The second-order valence-electron chi connectivity index (χ2n) is 5.37. The van der Waals surface area contributed by atoms with Crippen molar-refractivity contribution in [1.82, 2.24) is 14.5 Å². The Morgan fingerprint density at radius 2 is 2.05 bits per heavy atom. The van der Waals surface area contributed by atoms with Gasteiger partial charge in [0.1, 0.15) is 11.5 Å². The fraction of sp³-hybridized carbons (Fsp3) is 0.471. The number of methoxy groups -OCH3 is 2. The standard InChI is InChI=1S/C17H25N3O2/c1-6-20-12-18-10-14(20)11-19(3)13(2)16-8-7-15(21-4)9-17(16)22-5/h7-10,12-13H,6,11H2,1-5H3. The molecule has 1 aromatic carbocycles. The van der Waals surface area contributed by atoms with Crippen LogP contribution >= 0.6 is 0 Å².